The SMILES string of the molecule is CN(CC(=O)O)CC1CN(C(=O)c2cccc3c2CCC3)CCO1. The summed E-state index contributed by atoms with van der Waals surface area (Å²) in [5.74, 6) is -0.788. The largest absolute Gasteiger partial charge is 0.480 e. The van der Waals surface area contributed by atoms with Gasteiger partial charge in [0.2, 0.25) is 0 Å². The van der Waals surface area contributed by atoms with Crippen molar-refractivity contribution in [3.63, 3.8) is 0 Å². The smallest absolute Gasteiger partial charge is 0.317 e. The molecule has 1 aromatic rings. The van der Waals surface area contributed by atoms with Gasteiger partial charge in [0, 0.05) is 25.2 Å². The van der Waals surface area contributed by atoms with Gasteiger partial charge in [-0.05, 0) is 43.5 Å². The van der Waals surface area contributed by atoms with E-state index in [1.165, 1.54) is 11.1 Å². The molecule has 1 aliphatic heterocycles. The van der Waals surface area contributed by atoms with Crippen LogP contribution in [-0.2, 0) is 22.4 Å². The quantitative estimate of drug-likeness (QED) is 0.872. The summed E-state index contributed by atoms with van der Waals surface area (Å²) >= 11 is 0. The van der Waals surface area contributed by atoms with Gasteiger partial charge in [-0.3, -0.25) is 14.5 Å². The summed E-state index contributed by atoms with van der Waals surface area (Å²) < 4.78 is 5.71. The molecule has 1 saturated heterocycles. The number of hydrogen-bond donors (Lipinski definition) is 1. The van der Waals surface area contributed by atoms with Gasteiger partial charge in [0.25, 0.3) is 5.91 Å². The minimum atomic E-state index is -0.860. The summed E-state index contributed by atoms with van der Waals surface area (Å²) in [6.07, 6.45) is 3.00. The molecule has 24 heavy (non-hydrogen) atoms. The Kier molecular flexibility index (Phi) is 5.16. The molecule has 130 valence electrons. The number of fused-ring (bicyclic) bond motifs is 1. The first-order chi connectivity index (χ1) is 11.5. The number of carboxylic acid groups (broad SMARTS) is 1. The van der Waals surface area contributed by atoms with Crippen LogP contribution >= 0.6 is 0 Å². The fourth-order valence-electron chi connectivity index (χ4n) is 3.65. The van der Waals surface area contributed by atoms with Gasteiger partial charge in [-0.2, -0.15) is 0 Å². The third-order valence-electron chi connectivity index (χ3n) is 4.72. The zero-order chi connectivity index (χ0) is 17.1. The molecule has 6 nitrogen and oxygen atoms in total. The van der Waals surface area contributed by atoms with E-state index in [0.29, 0.717) is 26.2 Å². The van der Waals surface area contributed by atoms with Crippen LogP contribution in [0.2, 0.25) is 0 Å². The molecule has 1 amide bonds. The Morgan fingerprint density at radius 3 is 3.00 bits per heavy atom. The van der Waals surface area contributed by atoms with Crippen molar-refractivity contribution in [1.29, 1.82) is 0 Å². The van der Waals surface area contributed by atoms with Crippen LogP contribution in [0.15, 0.2) is 18.2 Å². The van der Waals surface area contributed by atoms with Crippen LogP contribution in [0.5, 0.6) is 0 Å². The third-order valence-corrected chi connectivity index (χ3v) is 4.72. The Balaban J connectivity index is 1.65. The Labute approximate surface area is 142 Å². The van der Waals surface area contributed by atoms with Crippen LogP contribution in [0, 0.1) is 0 Å². The van der Waals surface area contributed by atoms with Crippen LogP contribution < -0.4 is 0 Å². The van der Waals surface area contributed by atoms with E-state index in [0.717, 1.165) is 24.8 Å². The highest BCUT2D eigenvalue weighted by atomic mass is 16.5. The maximum atomic E-state index is 12.9. The highest BCUT2D eigenvalue weighted by Crippen LogP contribution is 2.26. The Morgan fingerprint density at radius 1 is 1.38 bits per heavy atom. The first-order valence-electron chi connectivity index (χ1n) is 8.46. The van der Waals surface area contributed by atoms with E-state index in [2.05, 4.69) is 6.07 Å². The summed E-state index contributed by atoms with van der Waals surface area (Å²) in [5.41, 5.74) is 3.32. The molecular weight excluding hydrogens is 308 g/mol. The van der Waals surface area contributed by atoms with Crippen molar-refractivity contribution in [2.75, 3.05) is 39.8 Å². The summed E-state index contributed by atoms with van der Waals surface area (Å²) in [4.78, 5) is 27.3. The van der Waals surface area contributed by atoms with Gasteiger partial charge in [-0.25, -0.2) is 0 Å². The van der Waals surface area contributed by atoms with Crippen LogP contribution in [0.25, 0.3) is 0 Å². The minimum Gasteiger partial charge on any atom is -0.480 e. The lowest BCUT2D eigenvalue weighted by atomic mass is 10.0. The molecule has 0 saturated carbocycles. The molecule has 3 rings (SSSR count). The molecule has 6 heteroatoms. The average Bonchev–Trinajstić information content (AvgIpc) is 3.02. The van der Waals surface area contributed by atoms with Gasteiger partial charge < -0.3 is 14.7 Å². The number of amides is 1. The number of carbonyl (C=O) groups is 2. The summed E-state index contributed by atoms with van der Waals surface area (Å²) in [5, 5.41) is 8.84. The van der Waals surface area contributed by atoms with Crippen LogP contribution in [0.4, 0.5) is 0 Å². The van der Waals surface area contributed by atoms with Crippen molar-refractivity contribution in [2.24, 2.45) is 0 Å². The number of rotatable bonds is 5. The van der Waals surface area contributed by atoms with Gasteiger partial charge in [0.1, 0.15) is 0 Å². The predicted molar refractivity (Wildman–Crippen MR) is 89.2 cm³/mol. The van der Waals surface area contributed by atoms with E-state index >= 15 is 0 Å². The van der Waals surface area contributed by atoms with E-state index in [-0.39, 0.29) is 18.6 Å². The van der Waals surface area contributed by atoms with Crippen molar-refractivity contribution in [1.82, 2.24) is 9.80 Å². The lowest BCUT2D eigenvalue weighted by molar-refractivity contribution is -0.138. The number of carbonyl (C=O) groups excluding carboxylic acids is 1. The maximum Gasteiger partial charge on any atom is 0.317 e. The van der Waals surface area contributed by atoms with Gasteiger partial charge >= 0.3 is 5.97 Å². The molecule has 0 spiro atoms. The predicted octanol–water partition coefficient (Wildman–Crippen LogP) is 1.03. The maximum absolute atomic E-state index is 12.9. The molecule has 1 aromatic carbocycles. The van der Waals surface area contributed by atoms with Gasteiger partial charge in [-0.1, -0.05) is 12.1 Å². The molecule has 1 atom stereocenters. The molecule has 1 aliphatic carbocycles. The third kappa shape index (κ3) is 3.76. The highest BCUT2D eigenvalue weighted by Gasteiger charge is 2.28. The number of aryl methyl sites for hydroxylation is 1. The number of carboxylic acids is 1. The molecule has 0 aromatic heterocycles. The van der Waals surface area contributed by atoms with E-state index in [4.69, 9.17) is 9.84 Å². The topological polar surface area (TPSA) is 70.1 Å². The Hall–Kier alpha value is -1.92. The molecule has 1 fully saturated rings. The number of benzene rings is 1. The molecular formula is C18H24N2O4. The highest BCUT2D eigenvalue weighted by molar-refractivity contribution is 5.96. The second kappa shape index (κ2) is 7.32. The number of likely N-dealkylation sites (N-methyl/N-ethyl adjacent to an activating group) is 1. The van der Waals surface area contributed by atoms with Crippen molar-refractivity contribution >= 4 is 11.9 Å². The normalized spacial score (nSPS) is 20.2. The molecule has 1 heterocycles. The van der Waals surface area contributed by atoms with Crippen molar-refractivity contribution < 1.29 is 19.4 Å². The molecule has 1 unspecified atom stereocenters. The van der Waals surface area contributed by atoms with E-state index in [9.17, 15) is 9.59 Å². The number of hydrogen-bond acceptors (Lipinski definition) is 4. The van der Waals surface area contributed by atoms with Gasteiger partial charge in [0.05, 0.1) is 19.3 Å². The lowest BCUT2D eigenvalue weighted by Crippen LogP contribution is -2.49. The summed E-state index contributed by atoms with van der Waals surface area (Å²) in [6, 6.07) is 6.01. The molecule has 0 radical (unpaired) electrons. The van der Waals surface area contributed by atoms with E-state index in [1.807, 2.05) is 17.0 Å². The van der Waals surface area contributed by atoms with Crippen LogP contribution in [-0.4, -0.2) is 72.7 Å². The monoisotopic (exact) mass is 332 g/mol. The van der Waals surface area contributed by atoms with Gasteiger partial charge in [0.15, 0.2) is 0 Å². The molecule has 1 N–H and O–H groups in total. The number of nitrogens with zero attached hydrogens (tertiary/aromatic N) is 2. The van der Waals surface area contributed by atoms with Crippen molar-refractivity contribution in [3.05, 3.63) is 34.9 Å². The average molecular weight is 332 g/mol. The van der Waals surface area contributed by atoms with E-state index in [1.54, 1.807) is 11.9 Å². The lowest BCUT2D eigenvalue weighted by Gasteiger charge is -2.35. The standard InChI is InChI=1S/C18H24N2O4/c1-19(12-17(21)22)10-14-11-20(8-9-24-14)18(23)16-7-3-5-13-4-2-6-15(13)16/h3,5,7,14H,2,4,6,8-12H2,1H3,(H,21,22). The van der Waals surface area contributed by atoms with Crippen LogP contribution in [0.3, 0.4) is 0 Å². The second-order valence-corrected chi connectivity index (χ2v) is 6.63. The molecule has 2 aliphatic rings. The second-order valence-electron chi connectivity index (χ2n) is 6.63. The fourth-order valence-corrected chi connectivity index (χ4v) is 3.65. The zero-order valence-corrected chi connectivity index (χ0v) is 14.0. The Bertz CT molecular complexity index is 631. The Morgan fingerprint density at radius 2 is 2.21 bits per heavy atom. The first-order valence-corrected chi connectivity index (χ1v) is 8.46. The number of aliphatic carboxylic acids is 1. The first kappa shape index (κ1) is 16.9. The van der Waals surface area contributed by atoms with Crippen molar-refractivity contribution in [3.8, 4) is 0 Å². The minimum absolute atomic E-state index is 0.0278. The number of morpholine rings is 1. The van der Waals surface area contributed by atoms with Crippen molar-refractivity contribution in [2.45, 2.75) is 25.4 Å². The zero-order valence-electron chi connectivity index (χ0n) is 14.0. The molecule has 0 bridgehead atoms. The van der Waals surface area contributed by atoms with E-state index < -0.39 is 5.97 Å². The summed E-state index contributed by atoms with van der Waals surface area (Å²) in [6.45, 7) is 2.06. The fraction of sp³-hybridized carbons (Fsp3) is 0.556. The number of ether oxygens (including phenoxy) is 1. The summed E-state index contributed by atoms with van der Waals surface area (Å²) in [7, 11) is 1.75. The van der Waals surface area contributed by atoms with Gasteiger partial charge in [-0.15, -0.1) is 0 Å². The van der Waals surface area contributed by atoms with Crippen LogP contribution in [0.1, 0.15) is 27.9 Å².